The van der Waals surface area contributed by atoms with Crippen molar-refractivity contribution in [3.8, 4) is 0 Å². The molecule has 0 aromatic carbocycles. The van der Waals surface area contributed by atoms with Gasteiger partial charge >= 0.3 is 0 Å². The summed E-state index contributed by atoms with van der Waals surface area (Å²) in [7, 11) is 0. The second-order valence-electron chi connectivity index (χ2n) is 3.79. The van der Waals surface area contributed by atoms with Crippen LogP contribution >= 0.6 is 22.6 Å². The second kappa shape index (κ2) is 3.30. The summed E-state index contributed by atoms with van der Waals surface area (Å²) >= 11 is 2.18. The van der Waals surface area contributed by atoms with Crippen LogP contribution < -0.4 is 0 Å². The number of rotatable bonds is 1. The van der Waals surface area contributed by atoms with Crippen LogP contribution in [0.1, 0.15) is 13.8 Å². The van der Waals surface area contributed by atoms with E-state index in [1.165, 1.54) is 0 Å². The average molecular weight is 300 g/mol. The molecule has 2 aliphatic rings. The molecule has 2 aliphatic heterocycles. The number of hydrogen-bond donors (Lipinski definition) is 1. The number of fused-ring (bicyclic) bond motifs is 1. The molecule has 5 heteroatoms. The van der Waals surface area contributed by atoms with E-state index in [2.05, 4.69) is 22.6 Å². The molecule has 2 saturated heterocycles. The van der Waals surface area contributed by atoms with Crippen molar-refractivity contribution in [2.75, 3.05) is 4.43 Å². The van der Waals surface area contributed by atoms with Gasteiger partial charge in [0.05, 0.1) is 6.10 Å². The highest BCUT2D eigenvalue weighted by Crippen LogP contribution is 2.37. The standard InChI is InChI=1S/C8H13IO4/c1-8(2)12-6-5(10)4(3-9)11-7(6)13-8/h4-7,10H,3H2,1-2H3/t4-,5-,6+,7+/m0/s1. The van der Waals surface area contributed by atoms with Crippen molar-refractivity contribution in [1.29, 1.82) is 0 Å². The van der Waals surface area contributed by atoms with E-state index in [0.29, 0.717) is 0 Å². The van der Waals surface area contributed by atoms with Crippen molar-refractivity contribution in [2.24, 2.45) is 0 Å². The highest BCUT2D eigenvalue weighted by molar-refractivity contribution is 14.1. The minimum atomic E-state index is -0.632. The van der Waals surface area contributed by atoms with Crippen LogP contribution in [0.15, 0.2) is 0 Å². The normalized spacial score (nSPS) is 48.0. The first-order valence-electron chi connectivity index (χ1n) is 4.28. The Kier molecular flexibility index (Phi) is 2.57. The van der Waals surface area contributed by atoms with Crippen LogP contribution in [-0.4, -0.2) is 39.9 Å². The molecule has 13 heavy (non-hydrogen) atoms. The fourth-order valence-corrected chi connectivity index (χ4v) is 2.41. The summed E-state index contributed by atoms with van der Waals surface area (Å²) in [5.41, 5.74) is 0. The summed E-state index contributed by atoms with van der Waals surface area (Å²) in [6.45, 7) is 3.64. The van der Waals surface area contributed by atoms with Gasteiger partial charge < -0.3 is 19.3 Å². The zero-order valence-corrected chi connectivity index (χ0v) is 9.72. The van der Waals surface area contributed by atoms with Crippen LogP contribution in [-0.2, 0) is 14.2 Å². The number of aliphatic hydroxyl groups is 1. The summed E-state index contributed by atoms with van der Waals surface area (Å²) in [5.74, 6) is -0.632. The van der Waals surface area contributed by atoms with Gasteiger partial charge in [-0.05, 0) is 13.8 Å². The number of halogens is 1. The lowest BCUT2D eigenvalue weighted by molar-refractivity contribution is -0.211. The lowest BCUT2D eigenvalue weighted by Crippen LogP contribution is -2.35. The molecule has 1 N–H and O–H groups in total. The van der Waals surface area contributed by atoms with Crippen molar-refractivity contribution in [3.63, 3.8) is 0 Å². The van der Waals surface area contributed by atoms with Crippen molar-refractivity contribution in [3.05, 3.63) is 0 Å². The average Bonchev–Trinajstić information content (AvgIpc) is 2.47. The predicted molar refractivity (Wildman–Crippen MR) is 53.6 cm³/mol. The topological polar surface area (TPSA) is 47.9 Å². The lowest BCUT2D eigenvalue weighted by atomic mass is 10.2. The molecule has 4 atom stereocenters. The van der Waals surface area contributed by atoms with Crippen molar-refractivity contribution in [2.45, 2.75) is 44.2 Å². The van der Waals surface area contributed by atoms with Gasteiger partial charge in [0.15, 0.2) is 12.1 Å². The molecule has 0 aromatic rings. The first kappa shape index (κ1) is 10.1. The van der Waals surface area contributed by atoms with E-state index >= 15 is 0 Å². The molecule has 0 unspecified atom stereocenters. The third kappa shape index (κ3) is 1.72. The third-order valence-corrected chi connectivity index (χ3v) is 3.13. The van der Waals surface area contributed by atoms with E-state index in [1.807, 2.05) is 13.8 Å². The molecule has 4 nitrogen and oxygen atoms in total. The third-order valence-electron chi connectivity index (χ3n) is 2.27. The van der Waals surface area contributed by atoms with Gasteiger partial charge in [-0.1, -0.05) is 22.6 Å². The molecule has 0 saturated carbocycles. The maximum absolute atomic E-state index is 9.76. The first-order valence-corrected chi connectivity index (χ1v) is 5.81. The van der Waals surface area contributed by atoms with Crippen molar-refractivity contribution >= 4 is 22.6 Å². The zero-order valence-electron chi connectivity index (χ0n) is 7.57. The SMILES string of the molecule is CC1(C)O[C@H]2O[C@@H](CI)[C@H](O)[C@H]2O1. The van der Waals surface area contributed by atoms with Crippen LogP contribution in [0, 0.1) is 0 Å². The first-order chi connectivity index (χ1) is 6.03. The summed E-state index contributed by atoms with van der Waals surface area (Å²) in [6, 6.07) is 0. The largest absolute Gasteiger partial charge is 0.387 e. The van der Waals surface area contributed by atoms with Gasteiger partial charge in [0.2, 0.25) is 0 Å². The van der Waals surface area contributed by atoms with E-state index in [-0.39, 0.29) is 12.2 Å². The molecular weight excluding hydrogens is 287 g/mol. The maximum atomic E-state index is 9.76. The van der Waals surface area contributed by atoms with E-state index in [0.717, 1.165) is 4.43 Å². The lowest BCUT2D eigenvalue weighted by Gasteiger charge is -2.21. The van der Waals surface area contributed by atoms with Gasteiger partial charge in [-0.3, -0.25) is 0 Å². The number of alkyl halides is 1. The Bertz CT molecular complexity index is 208. The van der Waals surface area contributed by atoms with Gasteiger partial charge in [0.1, 0.15) is 12.2 Å². The van der Waals surface area contributed by atoms with E-state index < -0.39 is 18.2 Å². The van der Waals surface area contributed by atoms with Crippen molar-refractivity contribution < 1.29 is 19.3 Å². The Balaban J connectivity index is 2.07. The van der Waals surface area contributed by atoms with Crippen LogP contribution in [0.4, 0.5) is 0 Å². The molecule has 2 rings (SSSR count). The van der Waals surface area contributed by atoms with Gasteiger partial charge in [-0.15, -0.1) is 0 Å². The smallest absolute Gasteiger partial charge is 0.190 e. The second-order valence-corrected chi connectivity index (χ2v) is 4.67. The number of aliphatic hydroxyl groups excluding tert-OH is 1. The van der Waals surface area contributed by atoms with E-state index in [1.54, 1.807) is 0 Å². The van der Waals surface area contributed by atoms with E-state index in [9.17, 15) is 5.11 Å². The fourth-order valence-electron chi connectivity index (χ4n) is 1.69. The summed E-state index contributed by atoms with van der Waals surface area (Å²) in [6.07, 6.45) is -1.45. The Labute approximate surface area is 90.7 Å². The minimum Gasteiger partial charge on any atom is -0.387 e. The fraction of sp³-hybridized carbons (Fsp3) is 1.00. The quantitative estimate of drug-likeness (QED) is 0.571. The molecule has 0 aromatic heterocycles. The van der Waals surface area contributed by atoms with Crippen LogP contribution in [0.3, 0.4) is 0 Å². The highest BCUT2D eigenvalue weighted by Gasteiger charge is 2.53. The molecule has 0 bridgehead atoms. The maximum Gasteiger partial charge on any atom is 0.190 e. The number of ether oxygens (including phenoxy) is 3. The molecule has 0 spiro atoms. The number of hydrogen-bond acceptors (Lipinski definition) is 4. The van der Waals surface area contributed by atoms with Gasteiger partial charge in [-0.25, -0.2) is 0 Å². The Hall–Kier alpha value is 0.570. The molecule has 0 radical (unpaired) electrons. The van der Waals surface area contributed by atoms with E-state index in [4.69, 9.17) is 14.2 Å². The van der Waals surface area contributed by atoms with Gasteiger partial charge in [0, 0.05) is 4.43 Å². The molecular formula is C8H13IO4. The molecule has 0 aliphatic carbocycles. The highest BCUT2D eigenvalue weighted by atomic mass is 127. The van der Waals surface area contributed by atoms with Gasteiger partial charge in [0.25, 0.3) is 0 Å². The Morgan fingerprint density at radius 2 is 2.08 bits per heavy atom. The monoisotopic (exact) mass is 300 g/mol. The zero-order chi connectivity index (χ0) is 9.64. The minimum absolute atomic E-state index is 0.160. The predicted octanol–water partition coefficient (Wildman–Crippen LogP) is 0.659. The van der Waals surface area contributed by atoms with Crippen LogP contribution in [0.5, 0.6) is 0 Å². The molecule has 2 heterocycles. The Morgan fingerprint density at radius 1 is 1.38 bits per heavy atom. The summed E-state index contributed by atoms with van der Waals surface area (Å²) in [5, 5.41) is 9.76. The Morgan fingerprint density at radius 3 is 2.62 bits per heavy atom. The molecule has 0 amide bonds. The summed E-state index contributed by atoms with van der Waals surface area (Å²) in [4.78, 5) is 0. The van der Waals surface area contributed by atoms with Crippen LogP contribution in [0.2, 0.25) is 0 Å². The van der Waals surface area contributed by atoms with Crippen molar-refractivity contribution in [1.82, 2.24) is 0 Å². The molecule has 2 fully saturated rings. The summed E-state index contributed by atoms with van der Waals surface area (Å²) < 4.78 is 17.2. The molecule has 76 valence electrons. The van der Waals surface area contributed by atoms with Crippen LogP contribution in [0.25, 0.3) is 0 Å². The van der Waals surface area contributed by atoms with Gasteiger partial charge in [-0.2, -0.15) is 0 Å².